The van der Waals surface area contributed by atoms with Crippen molar-refractivity contribution in [2.75, 3.05) is 0 Å². The Morgan fingerprint density at radius 2 is 1.63 bits per heavy atom. The Labute approximate surface area is 161 Å². The quantitative estimate of drug-likeness (QED) is 0.466. The monoisotopic (exact) mass is 396 g/mol. The van der Waals surface area contributed by atoms with Gasteiger partial charge in [0.1, 0.15) is 5.75 Å². The maximum absolute atomic E-state index is 12.4. The lowest BCUT2D eigenvalue weighted by Gasteiger charge is -2.12. The largest absolute Gasteiger partial charge is 0.424 e. The van der Waals surface area contributed by atoms with Crippen molar-refractivity contribution in [3.63, 3.8) is 0 Å². The van der Waals surface area contributed by atoms with E-state index in [0.29, 0.717) is 17.2 Å². The lowest BCUT2D eigenvalue weighted by molar-refractivity contribution is -0.135. The van der Waals surface area contributed by atoms with Crippen molar-refractivity contribution in [2.24, 2.45) is 0 Å². The summed E-state index contributed by atoms with van der Waals surface area (Å²) in [5.74, 6) is 0.502. The number of rotatable bonds is 5. The van der Waals surface area contributed by atoms with Crippen molar-refractivity contribution in [1.29, 1.82) is 0 Å². The van der Waals surface area contributed by atoms with E-state index in [1.807, 2.05) is 44.2 Å². The first-order valence-corrected chi connectivity index (χ1v) is 9.03. The molecule has 1 aromatic heterocycles. The zero-order chi connectivity index (χ0) is 19.9. The minimum absolute atomic E-state index is 0.0222. The summed E-state index contributed by atoms with van der Waals surface area (Å²) < 4.78 is 43.0. The van der Waals surface area contributed by atoms with Gasteiger partial charge in [0.15, 0.2) is 0 Å². The third-order valence-corrected chi connectivity index (χ3v) is 3.85. The summed E-state index contributed by atoms with van der Waals surface area (Å²) in [6.07, 6.45) is -1.81. The van der Waals surface area contributed by atoms with E-state index in [1.54, 1.807) is 6.07 Å². The van der Waals surface area contributed by atoms with Gasteiger partial charge in [-0.3, -0.25) is 0 Å². The molecule has 0 aliphatic rings. The highest BCUT2D eigenvalue weighted by Crippen LogP contribution is 2.33. The third kappa shape index (κ3) is 6.10. The minimum atomic E-state index is -4.15. The van der Waals surface area contributed by atoms with E-state index in [2.05, 4.69) is 9.97 Å². The molecule has 1 heterocycles. The average molecular weight is 397 g/mol. The fourth-order valence-electron chi connectivity index (χ4n) is 2.61. The lowest BCUT2D eigenvalue weighted by atomic mass is 9.99. The Hall–Kier alpha value is -2.34. The van der Waals surface area contributed by atoms with Crippen LogP contribution in [0, 0.1) is 0 Å². The van der Waals surface area contributed by atoms with E-state index in [9.17, 15) is 13.2 Å². The summed E-state index contributed by atoms with van der Waals surface area (Å²) in [5.41, 5.74) is 0.798. The standard InChI is InChI=1S/C18H14ClF3N2O.C2H6/c19-14-10-23-17(24-11-14)25-15-8-2-6-12-4-1-5-13(16(12)15)7-3-9-18(20,21)22;1-2/h1-2,4-6,8,10-11H,3,7,9H2;1-2H3. The molecule has 0 saturated heterocycles. The van der Waals surface area contributed by atoms with E-state index in [0.717, 1.165) is 16.3 Å². The number of benzene rings is 2. The first-order valence-electron chi connectivity index (χ1n) is 8.65. The summed E-state index contributed by atoms with van der Waals surface area (Å²) >= 11 is 5.76. The van der Waals surface area contributed by atoms with E-state index in [-0.39, 0.29) is 12.4 Å². The van der Waals surface area contributed by atoms with Gasteiger partial charge in [-0.25, -0.2) is 9.97 Å². The van der Waals surface area contributed by atoms with Gasteiger partial charge >= 0.3 is 12.2 Å². The topological polar surface area (TPSA) is 35.0 Å². The molecule has 0 spiro atoms. The molecule has 27 heavy (non-hydrogen) atoms. The van der Waals surface area contributed by atoms with Gasteiger partial charge in [0.25, 0.3) is 0 Å². The first-order chi connectivity index (χ1) is 12.9. The predicted octanol–water partition coefficient (Wildman–Crippen LogP) is 6.99. The van der Waals surface area contributed by atoms with Gasteiger partial charge in [0.05, 0.1) is 17.4 Å². The van der Waals surface area contributed by atoms with Crippen LogP contribution in [0.2, 0.25) is 5.02 Å². The number of aromatic nitrogens is 2. The molecule has 0 aliphatic heterocycles. The number of alkyl halides is 3. The van der Waals surface area contributed by atoms with Gasteiger partial charge < -0.3 is 4.74 Å². The van der Waals surface area contributed by atoms with Crippen LogP contribution in [0.25, 0.3) is 10.8 Å². The fraction of sp³-hybridized carbons (Fsp3) is 0.300. The SMILES string of the molecule is CC.FC(F)(F)CCCc1cccc2cccc(Oc3ncc(Cl)cn3)c12. The van der Waals surface area contributed by atoms with Crippen molar-refractivity contribution < 1.29 is 17.9 Å². The van der Waals surface area contributed by atoms with Crippen LogP contribution in [-0.2, 0) is 6.42 Å². The minimum Gasteiger partial charge on any atom is -0.424 e. The molecule has 3 rings (SSSR count). The number of hydrogen-bond acceptors (Lipinski definition) is 3. The van der Waals surface area contributed by atoms with E-state index < -0.39 is 12.6 Å². The van der Waals surface area contributed by atoms with Crippen LogP contribution in [0.4, 0.5) is 13.2 Å². The Kier molecular flexibility index (Phi) is 7.42. The maximum atomic E-state index is 12.4. The van der Waals surface area contributed by atoms with Crippen molar-refractivity contribution >= 4 is 22.4 Å². The van der Waals surface area contributed by atoms with Gasteiger partial charge in [0.2, 0.25) is 0 Å². The van der Waals surface area contributed by atoms with Crippen LogP contribution >= 0.6 is 11.6 Å². The molecule has 144 valence electrons. The van der Waals surface area contributed by atoms with Crippen LogP contribution in [0.5, 0.6) is 11.8 Å². The van der Waals surface area contributed by atoms with Gasteiger partial charge in [-0.1, -0.05) is 55.8 Å². The molecule has 0 radical (unpaired) electrons. The van der Waals surface area contributed by atoms with Gasteiger partial charge in [-0.15, -0.1) is 0 Å². The maximum Gasteiger partial charge on any atom is 0.389 e. The number of halogens is 4. The van der Waals surface area contributed by atoms with Crippen molar-refractivity contribution in [3.05, 3.63) is 59.4 Å². The number of fused-ring (bicyclic) bond motifs is 1. The Bertz CT molecular complexity index is 862. The highest BCUT2D eigenvalue weighted by Gasteiger charge is 2.26. The predicted molar refractivity (Wildman–Crippen MR) is 101 cm³/mol. The highest BCUT2D eigenvalue weighted by molar-refractivity contribution is 6.30. The lowest BCUT2D eigenvalue weighted by Crippen LogP contribution is -2.07. The van der Waals surface area contributed by atoms with Crippen LogP contribution in [0.15, 0.2) is 48.8 Å². The molecule has 0 fully saturated rings. The Morgan fingerprint density at radius 1 is 1.00 bits per heavy atom. The molecule has 0 unspecified atom stereocenters. The molecule has 3 nitrogen and oxygen atoms in total. The smallest absolute Gasteiger partial charge is 0.389 e. The second kappa shape index (κ2) is 9.55. The zero-order valence-corrected chi connectivity index (χ0v) is 15.8. The molecule has 0 bridgehead atoms. The van der Waals surface area contributed by atoms with Gasteiger partial charge in [-0.2, -0.15) is 13.2 Å². The molecule has 0 atom stereocenters. The van der Waals surface area contributed by atoms with Crippen LogP contribution < -0.4 is 4.74 Å². The first kappa shape index (κ1) is 21.0. The summed E-state index contributed by atoms with van der Waals surface area (Å²) in [7, 11) is 0. The molecule has 7 heteroatoms. The molecular weight excluding hydrogens is 377 g/mol. The zero-order valence-electron chi connectivity index (χ0n) is 15.1. The summed E-state index contributed by atoms with van der Waals surface area (Å²) in [4.78, 5) is 7.98. The third-order valence-electron chi connectivity index (χ3n) is 3.66. The number of ether oxygens (including phenoxy) is 1. The fourth-order valence-corrected chi connectivity index (χ4v) is 2.70. The van der Waals surface area contributed by atoms with Crippen molar-refractivity contribution in [1.82, 2.24) is 9.97 Å². The molecular formula is C20H20ClF3N2O. The van der Waals surface area contributed by atoms with Gasteiger partial charge in [-0.05, 0) is 29.9 Å². The second-order valence-electron chi connectivity index (χ2n) is 5.53. The average Bonchev–Trinajstić information content (AvgIpc) is 2.64. The van der Waals surface area contributed by atoms with E-state index >= 15 is 0 Å². The number of aryl methyl sites for hydroxylation is 1. The molecule has 2 aromatic carbocycles. The summed E-state index contributed by atoms with van der Waals surface area (Å²) in [5, 5.41) is 2.04. The highest BCUT2D eigenvalue weighted by atomic mass is 35.5. The normalized spacial score (nSPS) is 11.0. The number of hydrogen-bond donors (Lipinski definition) is 0. The second-order valence-corrected chi connectivity index (χ2v) is 5.96. The van der Waals surface area contributed by atoms with Crippen LogP contribution in [0.3, 0.4) is 0 Å². The van der Waals surface area contributed by atoms with Gasteiger partial charge in [0, 0.05) is 11.8 Å². The number of nitrogens with zero attached hydrogens (tertiary/aromatic N) is 2. The van der Waals surface area contributed by atoms with Crippen molar-refractivity contribution in [3.8, 4) is 11.8 Å². The summed E-state index contributed by atoms with van der Waals surface area (Å²) in [6, 6.07) is 11.1. The molecule has 0 N–H and O–H groups in total. The van der Waals surface area contributed by atoms with Crippen molar-refractivity contribution in [2.45, 2.75) is 39.3 Å². The molecule has 3 aromatic rings. The molecule has 0 amide bonds. The Balaban J connectivity index is 0.00000126. The van der Waals surface area contributed by atoms with E-state index in [1.165, 1.54) is 12.4 Å². The summed E-state index contributed by atoms with van der Waals surface area (Å²) in [6.45, 7) is 4.00. The molecule has 0 aliphatic carbocycles. The van der Waals surface area contributed by atoms with Crippen LogP contribution in [0.1, 0.15) is 32.3 Å². The van der Waals surface area contributed by atoms with E-state index in [4.69, 9.17) is 16.3 Å². The van der Waals surface area contributed by atoms with Crippen LogP contribution in [-0.4, -0.2) is 16.1 Å². The molecule has 0 saturated carbocycles. The Morgan fingerprint density at radius 3 is 2.26 bits per heavy atom.